The van der Waals surface area contributed by atoms with E-state index in [1.165, 1.54) is 51.7 Å². The molecule has 1 aliphatic heterocycles. The highest BCUT2D eigenvalue weighted by molar-refractivity contribution is 4.96. The first-order valence-corrected chi connectivity index (χ1v) is 8.66. The van der Waals surface area contributed by atoms with Gasteiger partial charge in [-0.05, 0) is 30.6 Å². The van der Waals surface area contributed by atoms with Gasteiger partial charge in [-0.3, -0.25) is 4.90 Å². The summed E-state index contributed by atoms with van der Waals surface area (Å²) in [7, 11) is 0. The SMILES string of the molecule is CCC(CC)CN1CC(C(C)CC)NCC1C1CC1. The van der Waals surface area contributed by atoms with Crippen LogP contribution in [0.15, 0.2) is 0 Å². The Morgan fingerprint density at radius 2 is 1.79 bits per heavy atom. The normalized spacial score (nSPS) is 30.8. The predicted octanol–water partition coefficient (Wildman–Crippen LogP) is 3.52. The molecule has 0 aromatic rings. The number of rotatable bonds is 7. The van der Waals surface area contributed by atoms with Crippen molar-refractivity contribution < 1.29 is 0 Å². The van der Waals surface area contributed by atoms with E-state index in [1.807, 2.05) is 0 Å². The summed E-state index contributed by atoms with van der Waals surface area (Å²) < 4.78 is 0. The maximum Gasteiger partial charge on any atom is 0.0249 e. The lowest BCUT2D eigenvalue weighted by Gasteiger charge is -2.44. The van der Waals surface area contributed by atoms with Crippen LogP contribution in [-0.2, 0) is 0 Å². The molecule has 2 aliphatic rings. The Labute approximate surface area is 120 Å². The van der Waals surface area contributed by atoms with Gasteiger partial charge in [-0.1, -0.05) is 47.0 Å². The van der Waals surface area contributed by atoms with Crippen molar-refractivity contribution in [2.75, 3.05) is 19.6 Å². The molecule has 0 spiro atoms. The third-order valence-corrected chi connectivity index (χ3v) is 5.63. The lowest BCUT2D eigenvalue weighted by molar-refractivity contribution is 0.0783. The number of nitrogens with one attached hydrogen (secondary N) is 1. The molecule has 1 aliphatic carbocycles. The molecule has 0 bridgehead atoms. The second-order valence-electron chi connectivity index (χ2n) is 6.94. The van der Waals surface area contributed by atoms with Gasteiger partial charge in [-0.2, -0.15) is 0 Å². The van der Waals surface area contributed by atoms with Crippen LogP contribution >= 0.6 is 0 Å². The molecule has 2 nitrogen and oxygen atoms in total. The first-order chi connectivity index (χ1) is 9.19. The van der Waals surface area contributed by atoms with Crippen LogP contribution in [0.3, 0.4) is 0 Å². The van der Waals surface area contributed by atoms with Crippen molar-refractivity contribution in [1.82, 2.24) is 10.2 Å². The van der Waals surface area contributed by atoms with Crippen LogP contribution < -0.4 is 5.32 Å². The zero-order valence-electron chi connectivity index (χ0n) is 13.5. The maximum absolute atomic E-state index is 3.84. The molecule has 0 radical (unpaired) electrons. The van der Waals surface area contributed by atoms with E-state index in [0.29, 0.717) is 0 Å². The Bertz CT molecular complexity index is 258. The summed E-state index contributed by atoms with van der Waals surface area (Å²) in [5, 5.41) is 3.84. The molecular weight excluding hydrogens is 232 g/mol. The van der Waals surface area contributed by atoms with Crippen molar-refractivity contribution in [3.63, 3.8) is 0 Å². The lowest BCUT2D eigenvalue weighted by Crippen LogP contribution is -2.59. The van der Waals surface area contributed by atoms with E-state index in [0.717, 1.165) is 29.8 Å². The molecule has 1 heterocycles. The molecule has 1 saturated carbocycles. The highest BCUT2D eigenvalue weighted by atomic mass is 15.2. The van der Waals surface area contributed by atoms with Gasteiger partial charge in [0, 0.05) is 31.7 Å². The molecule has 1 N–H and O–H groups in total. The van der Waals surface area contributed by atoms with E-state index < -0.39 is 0 Å². The first kappa shape index (κ1) is 15.3. The van der Waals surface area contributed by atoms with Crippen molar-refractivity contribution in [2.24, 2.45) is 17.8 Å². The van der Waals surface area contributed by atoms with E-state index in [2.05, 4.69) is 37.9 Å². The summed E-state index contributed by atoms with van der Waals surface area (Å²) >= 11 is 0. The zero-order valence-corrected chi connectivity index (χ0v) is 13.5. The smallest absolute Gasteiger partial charge is 0.0249 e. The van der Waals surface area contributed by atoms with E-state index in [-0.39, 0.29) is 0 Å². The van der Waals surface area contributed by atoms with Crippen molar-refractivity contribution in [3.05, 3.63) is 0 Å². The second kappa shape index (κ2) is 7.08. The molecule has 112 valence electrons. The first-order valence-electron chi connectivity index (χ1n) is 8.66. The van der Waals surface area contributed by atoms with Gasteiger partial charge < -0.3 is 5.32 Å². The standard InChI is InChI=1S/C17H34N2/c1-5-13(4)16-12-19(11-14(6-2)7-3)17(10-18-16)15-8-9-15/h13-18H,5-12H2,1-4H3. The summed E-state index contributed by atoms with van der Waals surface area (Å²) in [5.41, 5.74) is 0. The van der Waals surface area contributed by atoms with Crippen LogP contribution in [0.2, 0.25) is 0 Å². The maximum atomic E-state index is 3.84. The predicted molar refractivity (Wildman–Crippen MR) is 83.4 cm³/mol. The summed E-state index contributed by atoms with van der Waals surface area (Å²) in [6.07, 6.45) is 6.92. The Hall–Kier alpha value is -0.0800. The third-order valence-electron chi connectivity index (χ3n) is 5.63. The Morgan fingerprint density at radius 1 is 1.11 bits per heavy atom. The van der Waals surface area contributed by atoms with Gasteiger partial charge in [0.05, 0.1) is 0 Å². The fourth-order valence-electron chi connectivity index (χ4n) is 3.55. The summed E-state index contributed by atoms with van der Waals surface area (Å²) in [6, 6.07) is 1.55. The van der Waals surface area contributed by atoms with E-state index in [9.17, 15) is 0 Å². The van der Waals surface area contributed by atoms with E-state index in [4.69, 9.17) is 0 Å². The average Bonchev–Trinajstić information content (AvgIpc) is 3.28. The van der Waals surface area contributed by atoms with Crippen molar-refractivity contribution in [2.45, 2.75) is 71.9 Å². The van der Waals surface area contributed by atoms with Gasteiger partial charge in [0.1, 0.15) is 0 Å². The Morgan fingerprint density at radius 3 is 2.32 bits per heavy atom. The van der Waals surface area contributed by atoms with Crippen molar-refractivity contribution in [1.29, 1.82) is 0 Å². The minimum absolute atomic E-state index is 0.717. The van der Waals surface area contributed by atoms with Crippen molar-refractivity contribution in [3.8, 4) is 0 Å². The highest BCUT2D eigenvalue weighted by Gasteiger charge is 2.39. The minimum atomic E-state index is 0.717. The molecule has 1 saturated heterocycles. The van der Waals surface area contributed by atoms with Gasteiger partial charge in [0.2, 0.25) is 0 Å². The van der Waals surface area contributed by atoms with E-state index in [1.54, 1.807) is 0 Å². The third kappa shape index (κ3) is 3.95. The molecule has 0 aromatic carbocycles. The largest absolute Gasteiger partial charge is 0.311 e. The molecule has 19 heavy (non-hydrogen) atoms. The van der Waals surface area contributed by atoms with Crippen LogP contribution in [0, 0.1) is 17.8 Å². The molecule has 0 amide bonds. The summed E-state index contributed by atoms with van der Waals surface area (Å²) in [6.45, 7) is 13.3. The van der Waals surface area contributed by atoms with Crippen LogP contribution in [-0.4, -0.2) is 36.6 Å². The molecule has 0 aromatic heterocycles. The van der Waals surface area contributed by atoms with Gasteiger partial charge in [-0.25, -0.2) is 0 Å². The Kier molecular flexibility index (Phi) is 5.70. The topological polar surface area (TPSA) is 15.3 Å². The summed E-state index contributed by atoms with van der Waals surface area (Å²) in [5.74, 6) is 2.71. The number of piperazine rings is 1. The van der Waals surface area contributed by atoms with Crippen LogP contribution in [0.25, 0.3) is 0 Å². The monoisotopic (exact) mass is 266 g/mol. The Balaban J connectivity index is 1.95. The lowest BCUT2D eigenvalue weighted by atomic mass is 9.92. The molecule has 2 heteroatoms. The van der Waals surface area contributed by atoms with Crippen molar-refractivity contribution >= 4 is 0 Å². The molecule has 3 unspecified atom stereocenters. The fraction of sp³-hybridized carbons (Fsp3) is 1.00. The minimum Gasteiger partial charge on any atom is -0.311 e. The van der Waals surface area contributed by atoms with Gasteiger partial charge in [0.25, 0.3) is 0 Å². The number of nitrogens with zero attached hydrogens (tertiary/aromatic N) is 1. The second-order valence-corrected chi connectivity index (χ2v) is 6.94. The van der Waals surface area contributed by atoms with Gasteiger partial charge >= 0.3 is 0 Å². The molecule has 2 fully saturated rings. The molecular formula is C17H34N2. The number of hydrogen-bond donors (Lipinski definition) is 1. The molecule has 3 atom stereocenters. The molecule has 2 rings (SSSR count). The van der Waals surface area contributed by atoms with Crippen LogP contribution in [0.5, 0.6) is 0 Å². The van der Waals surface area contributed by atoms with Gasteiger partial charge in [-0.15, -0.1) is 0 Å². The van der Waals surface area contributed by atoms with E-state index >= 15 is 0 Å². The highest BCUT2D eigenvalue weighted by Crippen LogP contribution is 2.37. The average molecular weight is 266 g/mol. The van der Waals surface area contributed by atoms with Crippen LogP contribution in [0.1, 0.15) is 59.8 Å². The zero-order chi connectivity index (χ0) is 13.8. The summed E-state index contributed by atoms with van der Waals surface area (Å²) in [4.78, 5) is 2.85. The fourth-order valence-corrected chi connectivity index (χ4v) is 3.55. The van der Waals surface area contributed by atoms with Gasteiger partial charge in [0.15, 0.2) is 0 Å². The quantitative estimate of drug-likeness (QED) is 0.758. The van der Waals surface area contributed by atoms with Crippen LogP contribution in [0.4, 0.5) is 0 Å². The number of hydrogen-bond acceptors (Lipinski definition) is 2.